The Labute approximate surface area is 130 Å². The highest BCUT2D eigenvalue weighted by Crippen LogP contribution is 2.19. The smallest absolute Gasteiger partial charge is 0.223 e. The predicted molar refractivity (Wildman–Crippen MR) is 81.0 cm³/mol. The van der Waals surface area contributed by atoms with Crippen LogP contribution >= 0.6 is 0 Å². The van der Waals surface area contributed by atoms with Crippen molar-refractivity contribution >= 4 is 5.91 Å². The van der Waals surface area contributed by atoms with Crippen LogP contribution in [0.5, 0.6) is 11.5 Å². The van der Waals surface area contributed by atoms with E-state index in [9.17, 15) is 9.90 Å². The van der Waals surface area contributed by atoms with Crippen molar-refractivity contribution in [2.45, 2.75) is 18.9 Å². The normalized spacial score (nSPS) is 16.8. The Morgan fingerprint density at radius 1 is 1.41 bits per heavy atom. The van der Waals surface area contributed by atoms with Gasteiger partial charge in [-0.15, -0.1) is 0 Å². The molecule has 1 aliphatic heterocycles. The van der Waals surface area contributed by atoms with E-state index in [0.717, 1.165) is 12.8 Å². The summed E-state index contributed by atoms with van der Waals surface area (Å²) in [6.07, 6.45) is 0.722. The molecule has 0 aliphatic carbocycles. The summed E-state index contributed by atoms with van der Waals surface area (Å²) < 4.78 is 15.8. The SMILES string of the molecule is COc1cccc(OC[C@H](O)CNC(=O)C2CCOCC2)c1. The number of rotatable bonds is 7. The summed E-state index contributed by atoms with van der Waals surface area (Å²) in [5.41, 5.74) is 0. The molecule has 22 heavy (non-hydrogen) atoms. The maximum Gasteiger partial charge on any atom is 0.223 e. The highest BCUT2D eigenvalue weighted by molar-refractivity contribution is 5.78. The standard InChI is InChI=1S/C16H23NO5/c1-20-14-3-2-4-15(9-14)22-11-13(18)10-17-16(19)12-5-7-21-8-6-12/h2-4,9,12-13,18H,5-8,10-11H2,1H3,(H,17,19)/t13-/m1/s1. The summed E-state index contributed by atoms with van der Waals surface area (Å²) >= 11 is 0. The molecule has 1 heterocycles. The first kappa shape index (κ1) is 16.6. The average Bonchev–Trinajstić information content (AvgIpc) is 2.58. The van der Waals surface area contributed by atoms with Gasteiger partial charge in [0, 0.05) is 31.7 Å². The van der Waals surface area contributed by atoms with Crippen molar-refractivity contribution in [3.05, 3.63) is 24.3 Å². The highest BCUT2D eigenvalue weighted by atomic mass is 16.5. The summed E-state index contributed by atoms with van der Waals surface area (Å²) in [6.45, 7) is 1.54. The second-order valence-electron chi connectivity index (χ2n) is 5.28. The van der Waals surface area contributed by atoms with Crippen molar-refractivity contribution in [2.75, 3.05) is 33.5 Å². The number of aliphatic hydroxyl groups is 1. The Kier molecular flexibility index (Phi) is 6.48. The number of carbonyl (C=O) groups excluding carboxylic acids is 1. The van der Waals surface area contributed by atoms with Crippen molar-refractivity contribution in [2.24, 2.45) is 5.92 Å². The van der Waals surface area contributed by atoms with Crippen molar-refractivity contribution in [1.82, 2.24) is 5.32 Å². The van der Waals surface area contributed by atoms with Crippen molar-refractivity contribution in [3.8, 4) is 11.5 Å². The van der Waals surface area contributed by atoms with Crippen molar-refractivity contribution in [1.29, 1.82) is 0 Å². The summed E-state index contributed by atoms with van der Waals surface area (Å²) in [7, 11) is 1.58. The zero-order chi connectivity index (χ0) is 15.8. The molecule has 1 amide bonds. The molecule has 0 unspecified atom stereocenters. The minimum atomic E-state index is -0.755. The Hall–Kier alpha value is -1.79. The number of hydrogen-bond acceptors (Lipinski definition) is 5. The number of methoxy groups -OCH3 is 1. The fraction of sp³-hybridized carbons (Fsp3) is 0.562. The van der Waals surface area contributed by atoms with Crippen LogP contribution in [-0.4, -0.2) is 50.6 Å². The quantitative estimate of drug-likeness (QED) is 0.785. The van der Waals surface area contributed by atoms with Crippen LogP contribution in [0.1, 0.15) is 12.8 Å². The average molecular weight is 309 g/mol. The summed E-state index contributed by atoms with van der Waals surface area (Å²) in [6, 6.07) is 7.16. The molecule has 0 saturated carbocycles. The zero-order valence-corrected chi connectivity index (χ0v) is 12.8. The van der Waals surface area contributed by atoms with Crippen molar-refractivity contribution in [3.63, 3.8) is 0 Å². The summed E-state index contributed by atoms with van der Waals surface area (Å²) in [5, 5.41) is 12.7. The van der Waals surface area contributed by atoms with E-state index in [2.05, 4.69) is 5.32 Å². The summed E-state index contributed by atoms with van der Waals surface area (Å²) in [4.78, 5) is 11.9. The van der Waals surface area contributed by atoms with Gasteiger partial charge in [-0.25, -0.2) is 0 Å². The van der Waals surface area contributed by atoms with Gasteiger partial charge in [-0.05, 0) is 25.0 Å². The number of amides is 1. The highest BCUT2D eigenvalue weighted by Gasteiger charge is 2.21. The van der Waals surface area contributed by atoms with E-state index in [0.29, 0.717) is 24.7 Å². The maximum absolute atomic E-state index is 11.9. The van der Waals surface area contributed by atoms with Crippen LogP contribution in [0.25, 0.3) is 0 Å². The first-order chi connectivity index (χ1) is 10.7. The molecule has 0 spiro atoms. The fourth-order valence-corrected chi connectivity index (χ4v) is 2.26. The Bertz CT molecular complexity index is 473. The first-order valence-corrected chi connectivity index (χ1v) is 7.49. The fourth-order valence-electron chi connectivity index (χ4n) is 2.26. The molecule has 1 fully saturated rings. The van der Waals surface area contributed by atoms with Crippen LogP contribution < -0.4 is 14.8 Å². The molecule has 1 saturated heterocycles. The third-order valence-electron chi connectivity index (χ3n) is 3.59. The first-order valence-electron chi connectivity index (χ1n) is 7.49. The minimum Gasteiger partial charge on any atom is -0.497 e. The van der Waals surface area contributed by atoms with Gasteiger partial charge in [0.25, 0.3) is 0 Å². The van der Waals surface area contributed by atoms with E-state index in [-0.39, 0.29) is 25.0 Å². The van der Waals surface area contributed by atoms with Gasteiger partial charge >= 0.3 is 0 Å². The topological polar surface area (TPSA) is 77.0 Å². The Morgan fingerprint density at radius 2 is 2.14 bits per heavy atom. The third kappa shape index (κ3) is 5.20. The van der Waals surface area contributed by atoms with Crippen LogP contribution in [0, 0.1) is 5.92 Å². The lowest BCUT2D eigenvalue weighted by Gasteiger charge is -2.22. The molecule has 1 aromatic rings. The van der Waals surface area contributed by atoms with Gasteiger partial charge in [0.15, 0.2) is 0 Å². The van der Waals surface area contributed by atoms with E-state index in [1.807, 2.05) is 12.1 Å². The van der Waals surface area contributed by atoms with Crippen LogP contribution in [0.3, 0.4) is 0 Å². The largest absolute Gasteiger partial charge is 0.497 e. The molecule has 0 bridgehead atoms. The second-order valence-corrected chi connectivity index (χ2v) is 5.28. The van der Waals surface area contributed by atoms with Crippen LogP contribution in [0.15, 0.2) is 24.3 Å². The molecule has 6 nitrogen and oxygen atoms in total. The molecule has 0 radical (unpaired) electrons. The van der Waals surface area contributed by atoms with Gasteiger partial charge in [-0.1, -0.05) is 6.07 Å². The Balaban J connectivity index is 1.68. The van der Waals surface area contributed by atoms with E-state index in [1.165, 1.54) is 0 Å². The summed E-state index contributed by atoms with van der Waals surface area (Å²) in [5.74, 6) is 1.28. The van der Waals surface area contributed by atoms with Crippen LogP contribution in [-0.2, 0) is 9.53 Å². The molecular formula is C16H23NO5. The second kappa shape index (κ2) is 8.60. The molecule has 0 aromatic heterocycles. The van der Waals surface area contributed by atoms with Gasteiger partial charge in [0.2, 0.25) is 5.91 Å². The van der Waals surface area contributed by atoms with E-state index in [1.54, 1.807) is 19.2 Å². The van der Waals surface area contributed by atoms with Gasteiger partial charge in [-0.2, -0.15) is 0 Å². The van der Waals surface area contributed by atoms with Gasteiger partial charge in [-0.3, -0.25) is 4.79 Å². The number of nitrogens with one attached hydrogen (secondary N) is 1. The number of ether oxygens (including phenoxy) is 3. The third-order valence-corrected chi connectivity index (χ3v) is 3.59. The molecule has 1 aliphatic rings. The number of benzene rings is 1. The number of carbonyl (C=O) groups is 1. The predicted octanol–water partition coefficient (Wildman–Crippen LogP) is 0.978. The molecule has 2 N–H and O–H groups in total. The van der Waals surface area contributed by atoms with Crippen LogP contribution in [0.4, 0.5) is 0 Å². The van der Waals surface area contributed by atoms with E-state index in [4.69, 9.17) is 14.2 Å². The molecule has 1 atom stereocenters. The van der Waals surface area contributed by atoms with Crippen LogP contribution in [0.2, 0.25) is 0 Å². The van der Waals surface area contributed by atoms with Gasteiger partial charge < -0.3 is 24.6 Å². The number of aliphatic hydroxyl groups excluding tert-OH is 1. The zero-order valence-electron chi connectivity index (χ0n) is 12.8. The van der Waals surface area contributed by atoms with E-state index >= 15 is 0 Å². The minimum absolute atomic E-state index is 0.0137. The molecule has 1 aromatic carbocycles. The van der Waals surface area contributed by atoms with E-state index < -0.39 is 6.10 Å². The maximum atomic E-state index is 11.9. The lowest BCUT2D eigenvalue weighted by molar-refractivity contribution is -0.128. The van der Waals surface area contributed by atoms with Gasteiger partial charge in [0.05, 0.1) is 7.11 Å². The monoisotopic (exact) mass is 309 g/mol. The molecule has 122 valence electrons. The molecule has 6 heteroatoms. The molecule has 2 rings (SSSR count). The molecular weight excluding hydrogens is 286 g/mol. The van der Waals surface area contributed by atoms with Crippen molar-refractivity contribution < 1.29 is 24.1 Å². The lowest BCUT2D eigenvalue weighted by atomic mass is 9.99. The Morgan fingerprint density at radius 3 is 2.86 bits per heavy atom. The van der Waals surface area contributed by atoms with Gasteiger partial charge in [0.1, 0.15) is 24.2 Å². The number of hydrogen-bond donors (Lipinski definition) is 2. The lowest BCUT2D eigenvalue weighted by Crippen LogP contribution is -2.40.